The highest BCUT2D eigenvalue weighted by Gasteiger charge is 2.18. The van der Waals surface area contributed by atoms with E-state index in [0.29, 0.717) is 23.5 Å². The first-order valence-electron chi connectivity index (χ1n) is 6.57. The molecule has 1 amide bonds. The molecule has 0 spiro atoms. The standard InChI is InChI=1S/C16H18N2O2/c1-2-15(20-14-9-4-3-5-10-14)16(19)18-13-8-6-7-12(17)11-13/h3-11,15H,2,17H2,1H3,(H,18,19)/t15-/m0/s1. The van der Waals surface area contributed by atoms with E-state index < -0.39 is 6.10 Å². The van der Waals surface area contributed by atoms with Gasteiger partial charge in [-0.1, -0.05) is 31.2 Å². The number of carbonyl (C=O) groups excluding carboxylic acids is 1. The molecule has 0 aliphatic heterocycles. The molecule has 0 unspecified atom stereocenters. The van der Waals surface area contributed by atoms with Gasteiger partial charge in [0.05, 0.1) is 0 Å². The fourth-order valence-corrected chi connectivity index (χ4v) is 1.82. The lowest BCUT2D eigenvalue weighted by Crippen LogP contribution is -2.32. The van der Waals surface area contributed by atoms with Gasteiger partial charge in [-0.25, -0.2) is 0 Å². The van der Waals surface area contributed by atoms with Crippen LogP contribution in [-0.2, 0) is 4.79 Å². The van der Waals surface area contributed by atoms with Gasteiger partial charge >= 0.3 is 0 Å². The lowest BCUT2D eigenvalue weighted by atomic mass is 10.2. The van der Waals surface area contributed by atoms with Crippen LogP contribution >= 0.6 is 0 Å². The minimum atomic E-state index is -0.529. The summed E-state index contributed by atoms with van der Waals surface area (Å²) in [7, 11) is 0. The van der Waals surface area contributed by atoms with Gasteiger partial charge < -0.3 is 15.8 Å². The van der Waals surface area contributed by atoms with Gasteiger partial charge in [-0.05, 0) is 36.8 Å². The van der Waals surface area contributed by atoms with Crippen molar-refractivity contribution in [1.29, 1.82) is 0 Å². The van der Waals surface area contributed by atoms with E-state index >= 15 is 0 Å². The number of para-hydroxylation sites is 1. The smallest absolute Gasteiger partial charge is 0.265 e. The van der Waals surface area contributed by atoms with Crippen molar-refractivity contribution in [3.8, 4) is 5.75 Å². The highest BCUT2D eigenvalue weighted by molar-refractivity contribution is 5.94. The molecule has 3 N–H and O–H groups in total. The molecule has 1 atom stereocenters. The van der Waals surface area contributed by atoms with Gasteiger partial charge in [0.1, 0.15) is 5.75 Å². The van der Waals surface area contributed by atoms with Gasteiger partial charge in [-0.2, -0.15) is 0 Å². The predicted octanol–water partition coefficient (Wildman–Crippen LogP) is 3.06. The maximum Gasteiger partial charge on any atom is 0.265 e. The predicted molar refractivity (Wildman–Crippen MR) is 80.6 cm³/mol. The number of hydrogen-bond acceptors (Lipinski definition) is 3. The summed E-state index contributed by atoms with van der Waals surface area (Å²) in [6.45, 7) is 1.91. The van der Waals surface area contributed by atoms with Crippen LogP contribution < -0.4 is 15.8 Å². The third kappa shape index (κ3) is 3.75. The molecule has 0 heterocycles. The van der Waals surface area contributed by atoms with Crippen molar-refractivity contribution in [1.82, 2.24) is 0 Å². The summed E-state index contributed by atoms with van der Waals surface area (Å²) in [5, 5.41) is 2.81. The van der Waals surface area contributed by atoms with E-state index in [0.717, 1.165) is 0 Å². The fraction of sp³-hybridized carbons (Fsp3) is 0.188. The van der Waals surface area contributed by atoms with Crippen LogP contribution in [0.15, 0.2) is 54.6 Å². The molecule has 0 bridgehead atoms. The highest BCUT2D eigenvalue weighted by Crippen LogP contribution is 2.16. The molecule has 0 saturated heterocycles. The molecule has 4 nitrogen and oxygen atoms in total. The van der Waals surface area contributed by atoms with Crippen LogP contribution in [0.1, 0.15) is 13.3 Å². The minimum Gasteiger partial charge on any atom is -0.481 e. The molecule has 0 aliphatic rings. The Labute approximate surface area is 118 Å². The van der Waals surface area contributed by atoms with Crippen molar-refractivity contribution in [2.24, 2.45) is 0 Å². The Hall–Kier alpha value is -2.49. The summed E-state index contributed by atoms with van der Waals surface area (Å²) in [6.07, 6.45) is 0.0575. The third-order valence-electron chi connectivity index (χ3n) is 2.84. The fourth-order valence-electron chi connectivity index (χ4n) is 1.82. The summed E-state index contributed by atoms with van der Waals surface area (Å²) >= 11 is 0. The van der Waals surface area contributed by atoms with Gasteiger partial charge in [0, 0.05) is 11.4 Å². The lowest BCUT2D eigenvalue weighted by molar-refractivity contribution is -0.122. The molecule has 0 aliphatic carbocycles. The lowest BCUT2D eigenvalue weighted by Gasteiger charge is -2.17. The first kappa shape index (κ1) is 13.9. The summed E-state index contributed by atoms with van der Waals surface area (Å²) in [5.41, 5.74) is 6.97. The zero-order valence-electron chi connectivity index (χ0n) is 11.4. The molecule has 0 fully saturated rings. The van der Waals surface area contributed by atoms with Gasteiger partial charge in [0.2, 0.25) is 0 Å². The molecule has 2 aromatic carbocycles. The van der Waals surface area contributed by atoms with Crippen LogP contribution in [0.25, 0.3) is 0 Å². The molecule has 2 rings (SSSR count). The van der Waals surface area contributed by atoms with Gasteiger partial charge in [0.25, 0.3) is 5.91 Å². The van der Waals surface area contributed by atoms with E-state index in [-0.39, 0.29) is 5.91 Å². The average Bonchev–Trinajstić information content (AvgIpc) is 2.45. The van der Waals surface area contributed by atoms with Crippen molar-refractivity contribution < 1.29 is 9.53 Å². The van der Waals surface area contributed by atoms with Crippen molar-refractivity contribution >= 4 is 17.3 Å². The molecule has 0 aromatic heterocycles. The van der Waals surface area contributed by atoms with Crippen LogP contribution in [0.5, 0.6) is 5.75 Å². The molecule has 20 heavy (non-hydrogen) atoms. The first-order chi connectivity index (χ1) is 9.69. The van der Waals surface area contributed by atoms with Crippen molar-refractivity contribution in [3.63, 3.8) is 0 Å². The van der Waals surface area contributed by atoms with Crippen LogP contribution in [0.4, 0.5) is 11.4 Å². The number of benzene rings is 2. The topological polar surface area (TPSA) is 64.3 Å². The molecule has 104 valence electrons. The molecular weight excluding hydrogens is 252 g/mol. The number of nitrogens with one attached hydrogen (secondary N) is 1. The second-order valence-corrected chi connectivity index (χ2v) is 4.44. The SMILES string of the molecule is CC[C@H](Oc1ccccc1)C(=O)Nc1cccc(N)c1. The zero-order valence-corrected chi connectivity index (χ0v) is 11.4. The zero-order chi connectivity index (χ0) is 14.4. The second kappa shape index (κ2) is 6.61. The number of ether oxygens (including phenoxy) is 1. The van der Waals surface area contributed by atoms with Gasteiger partial charge in [0.15, 0.2) is 6.10 Å². The van der Waals surface area contributed by atoms with E-state index in [9.17, 15) is 4.79 Å². The van der Waals surface area contributed by atoms with E-state index in [1.807, 2.05) is 37.3 Å². The Kier molecular flexibility index (Phi) is 4.60. The number of nitrogen functional groups attached to an aromatic ring is 1. The number of carbonyl (C=O) groups is 1. The first-order valence-corrected chi connectivity index (χ1v) is 6.57. The Morgan fingerprint density at radius 1 is 1.20 bits per heavy atom. The molecule has 0 radical (unpaired) electrons. The number of rotatable bonds is 5. The monoisotopic (exact) mass is 270 g/mol. The van der Waals surface area contributed by atoms with Crippen LogP contribution in [-0.4, -0.2) is 12.0 Å². The Morgan fingerprint density at radius 3 is 2.60 bits per heavy atom. The van der Waals surface area contributed by atoms with E-state index in [1.165, 1.54) is 0 Å². The van der Waals surface area contributed by atoms with E-state index in [1.54, 1.807) is 24.3 Å². The van der Waals surface area contributed by atoms with Crippen molar-refractivity contribution in [2.75, 3.05) is 11.1 Å². The number of hydrogen-bond donors (Lipinski definition) is 2. The van der Waals surface area contributed by atoms with Gasteiger partial charge in [-0.3, -0.25) is 4.79 Å². The van der Waals surface area contributed by atoms with Crippen molar-refractivity contribution in [2.45, 2.75) is 19.4 Å². The highest BCUT2D eigenvalue weighted by atomic mass is 16.5. The van der Waals surface area contributed by atoms with E-state index in [4.69, 9.17) is 10.5 Å². The number of nitrogens with two attached hydrogens (primary N) is 1. The van der Waals surface area contributed by atoms with E-state index in [2.05, 4.69) is 5.32 Å². The maximum atomic E-state index is 12.2. The van der Waals surface area contributed by atoms with Crippen LogP contribution in [0.3, 0.4) is 0 Å². The summed E-state index contributed by atoms with van der Waals surface area (Å²) < 4.78 is 5.68. The minimum absolute atomic E-state index is 0.179. The van der Waals surface area contributed by atoms with Crippen LogP contribution in [0.2, 0.25) is 0 Å². The normalized spacial score (nSPS) is 11.7. The second-order valence-electron chi connectivity index (χ2n) is 4.44. The van der Waals surface area contributed by atoms with Crippen LogP contribution in [0, 0.1) is 0 Å². The average molecular weight is 270 g/mol. The Morgan fingerprint density at radius 2 is 1.95 bits per heavy atom. The van der Waals surface area contributed by atoms with Gasteiger partial charge in [-0.15, -0.1) is 0 Å². The molecular formula is C16H18N2O2. The maximum absolute atomic E-state index is 12.2. The summed E-state index contributed by atoms with van der Waals surface area (Å²) in [6, 6.07) is 16.4. The summed E-state index contributed by atoms with van der Waals surface area (Å²) in [4.78, 5) is 12.2. The quantitative estimate of drug-likeness (QED) is 0.821. The molecule has 0 saturated carbocycles. The van der Waals surface area contributed by atoms with Crippen molar-refractivity contribution in [3.05, 3.63) is 54.6 Å². The summed E-state index contributed by atoms with van der Waals surface area (Å²) in [5.74, 6) is 0.504. The Balaban J connectivity index is 2.02. The molecule has 2 aromatic rings. The number of amides is 1. The third-order valence-corrected chi connectivity index (χ3v) is 2.84. The number of anilines is 2. The largest absolute Gasteiger partial charge is 0.481 e. The molecule has 4 heteroatoms. The Bertz CT molecular complexity index is 570.